The van der Waals surface area contributed by atoms with E-state index >= 15 is 0 Å². The van der Waals surface area contributed by atoms with Crippen LogP contribution in [-0.2, 0) is 14.8 Å². The van der Waals surface area contributed by atoms with Crippen LogP contribution < -0.4 is 9.62 Å². The lowest BCUT2D eigenvalue weighted by Gasteiger charge is -2.36. The van der Waals surface area contributed by atoms with Gasteiger partial charge in [0.15, 0.2) is 0 Å². The van der Waals surface area contributed by atoms with Crippen LogP contribution in [0.25, 0.3) is 0 Å². The molecular formula is C18H23N3O3S2. The Morgan fingerprint density at radius 2 is 1.85 bits per heavy atom. The molecule has 2 heterocycles. The summed E-state index contributed by atoms with van der Waals surface area (Å²) in [5.41, 5.74) is 2.37. The van der Waals surface area contributed by atoms with Crippen molar-refractivity contribution in [3.63, 3.8) is 0 Å². The number of aryl methyl sites for hydroxylation is 2. The van der Waals surface area contributed by atoms with Crippen LogP contribution in [0.15, 0.2) is 40.6 Å². The van der Waals surface area contributed by atoms with Crippen molar-refractivity contribution in [2.45, 2.75) is 18.1 Å². The van der Waals surface area contributed by atoms with Crippen molar-refractivity contribution < 1.29 is 13.2 Å². The summed E-state index contributed by atoms with van der Waals surface area (Å²) in [6, 6.07) is 11.6. The molecule has 26 heavy (non-hydrogen) atoms. The highest BCUT2D eigenvalue weighted by molar-refractivity contribution is 7.91. The van der Waals surface area contributed by atoms with Gasteiger partial charge in [-0.25, -0.2) is 13.1 Å². The van der Waals surface area contributed by atoms with E-state index in [4.69, 9.17) is 0 Å². The second-order valence-electron chi connectivity index (χ2n) is 6.40. The third kappa shape index (κ3) is 4.44. The van der Waals surface area contributed by atoms with E-state index in [0.29, 0.717) is 13.1 Å². The highest BCUT2D eigenvalue weighted by atomic mass is 32.2. The maximum absolute atomic E-state index is 12.4. The van der Waals surface area contributed by atoms with E-state index in [2.05, 4.69) is 34.7 Å². The van der Waals surface area contributed by atoms with Gasteiger partial charge >= 0.3 is 0 Å². The molecule has 1 saturated heterocycles. The molecule has 0 unspecified atom stereocenters. The number of rotatable bonds is 5. The van der Waals surface area contributed by atoms with Gasteiger partial charge in [0.2, 0.25) is 5.91 Å². The quantitative estimate of drug-likeness (QED) is 0.844. The molecule has 0 bridgehead atoms. The molecule has 1 aromatic heterocycles. The van der Waals surface area contributed by atoms with Gasteiger partial charge in [0, 0.05) is 36.7 Å². The van der Waals surface area contributed by atoms with Crippen LogP contribution in [-0.4, -0.2) is 51.9 Å². The summed E-state index contributed by atoms with van der Waals surface area (Å²) in [6.07, 6.45) is 0. The van der Waals surface area contributed by atoms with Gasteiger partial charge in [-0.2, -0.15) is 0 Å². The van der Waals surface area contributed by atoms with Crippen LogP contribution >= 0.6 is 11.3 Å². The topological polar surface area (TPSA) is 69.7 Å². The Hall–Kier alpha value is -1.90. The number of amides is 1. The number of hydrogen-bond donors (Lipinski definition) is 1. The zero-order valence-electron chi connectivity index (χ0n) is 14.9. The minimum absolute atomic E-state index is 0.189. The Morgan fingerprint density at radius 1 is 1.12 bits per heavy atom. The van der Waals surface area contributed by atoms with Crippen LogP contribution in [0.2, 0.25) is 0 Å². The first-order valence-electron chi connectivity index (χ1n) is 8.51. The number of nitrogens with one attached hydrogen (secondary N) is 1. The Morgan fingerprint density at radius 3 is 2.46 bits per heavy atom. The third-order valence-corrected chi connectivity index (χ3v) is 7.29. The Labute approximate surface area is 158 Å². The van der Waals surface area contributed by atoms with Crippen LogP contribution in [0.3, 0.4) is 0 Å². The lowest BCUT2D eigenvalue weighted by molar-refractivity contribution is -0.130. The van der Waals surface area contributed by atoms with Crippen LogP contribution in [0.5, 0.6) is 0 Å². The molecule has 8 heteroatoms. The summed E-state index contributed by atoms with van der Waals surface area (Å²) < 4.78 is 27.1. The van der Waals surface area contributed by atoms with Gasteiger partial charge in [0.05, 0.1) is 6.54 Å². The van der Waals surface area contributed by atoms with E-state index in [0.717, 1.165) is 23.7 Å². The normalized spacial score (nSPS) is 15.3. The van der Waals surface area contributed by atoms with Crippen molar-refractivity contribution in [3.05, 3.63) is 46.8 Å². The molecule has 1 aliphatic rings. The number of anilines is 1. The smallest absolute Gasteiger partial charge is 0.250 e. The fourth-order valence-corrected chi connectivity index (χ4v) is 5.24. The average Bonchev–Trinajstić information content (AvgIpc) is 3.07. The van der Waals surface area contributed by atoms with Crippen LogP contribution in [0, 0.1) is 13.8 Å². The highest BCUT2D eigenvalue weighted by Gasteiger charge is 2.23. The minimum atomic E-state index is -3.62. The van der Waals surface area contributed by atoms with Crippen molar-refractivity contribution in [1.82, 2.24) is 9.62 Å². The van der Waals surface area contributed by atoms with Gasteiger partial charge < -0.3 is 9.80 Å². The number of carbonyl (C=O) groups excluding carboxylic acids is 1. The first kappa shape index (κ1) is 18.9. The molecule has 1 fully saturated rings. The number of carbonyl (C=O) groups is 1. The monoisotopic (exact) mass is 393 g/mol. The van der Waals surface area contributed by atoms with Gasteiger partial charge in [0.1, 0.15) is 4.21 Å². The third-order valence-electron chi connectivity index (χ3n) is 4.39. The molecule has 1 aliphatic heterocycles. The molecule has 2 aromatic rings. The predicted octanol–water partition coefficient (Wildman–Crippen LogP) is 1.99. The molecule has 6 nitrogen and oxygen atoms in total. The van der Waals surface area contributed by atoms with Gasteiger partial charge in [-0.3, -0.25) is 4.79 Å². The van der Waals surface area contributed by atoms with E-state index in [-0.39, 0.29) is 16.7 Å². The number of thiophene rings is 1. The molecule has 3 rings (SSSR count). The van der Waals surface area contributed by atoms with Crippen LogP contribution in [0.1, 0.15) is 10.4 Å². The predicted molar refractivity (Wildman–Crippen MR) is 104 cm³/mol. The van der Waals surface area contributed by atoms with Gasteiger partial charge in [-0.05, 0) is 43.7 Å². The standard InChI is InChI=1S/C18H23N3O3S2/c1-14-4-3-5-16(12-14)20-8-10-21(11-9-20)17(22)13-19-26(23,24)18-7-6-15(2)25-18/h3-7,12,19H,8-11,13H2,1-2H3. The Kier molecular flexibility index (Phi) is 5.64. The number of benzene rings is 1. The van der Waals surface area contributed by atoms with E-state index in [9.17, 15) is 13.2 Å². The number of hydrogen-bond acceptors (Lipinski definition) is 5. The van der Waals surface area contributed by atoms with E-state index in [1.54, 1.807) is 17.0 Å². The van der Waals surface area contributed by atoms with Gasteiger partial charge in [0.25, 0.3) is 10.0 Å². The summed E-state index contributed by atoms with van der Waals surface area (Å²) in [7, 11) is -3.62. The maximum Gasteiger partial charge on any atom is 0.250 e. The van der Waals surface area contributed by atoms with Crippen LogP contribution in [0.4, 0.5) is 5.69 Å². The summed E-state index contributed by atoms with van der Waals surface area (Å²) in [4.78, 5) is 17.2. The largest absolute Gasteiger partial charge is 0.368 e. The highest BCUT2D eigenvalue weighted by Crippen LogP contribution is 2.20. The molecule has 140 valence electrons. The molecule has 1 amide bonds. The van der Waals surface area contributed by atoms with Crippen molar-refractivity contribution in [2.75, 3.05) is 37.6 Å². The van der Waals surface area contributed by atoms with Gasteiger partial charge in [-0.1, -0.05) is 12.1 Å². The summed E-state index contributed by atoms with van der Waals surface area (Å²) in [6.45, 7) is 6.37. The van der Waals surface area contributed by atoms with E-state index in [1.165, 1.54) is 16.9 Å². The Bertz CT molecular complexity index is 885. The molecule has 1 aromatic carbocycles. The summed E-state index contributed by atoms with van der Waals surface area (Å²) in [5.74, 6) is -0.189. The molecule has 0 spiro atoms. The zero-order chi connectivity index (χ0) is 18.7. The zero-order valence-corrected chi connectivity index (χ0v) is 16.6. The number of nitrogens with zero attached hydrogens (tertiary/aromatic N) is 2. The van der Waals surface area contributed by atoms with E-state index < -0.39 is 10.0 Å². The summed E-state index contributed by atoms with van der Waals surface area (Å²) in [5, 5.41) is 0. The minimum Gasteiger partial charge on any atom is -0.368 e. The number of sulfonamides is 1. The molecule has 0 aliphatic carbocycles. The molecular weight excluding hydrogens is 370 g/mol. The second kappa shape index (κ2) is 7.77. The van der Waals surface area contributed by atoms with Crippen molar-refractivity contribution in [3.8, 4) is 0 Å². The Balaban J connectivity index is 1.52. The fraction of sp³-hybridized carbons (Fsp3) is 0.389. The molecule has 1 N–H and O–H groups in total. The first-order valence-corrected chi connectivity index (χ1v) is 10.8. The van der Waals surface area contributed by atoms with E-state index in [1.807, 2.05) is 13.0 Å². The fourth-order valence-electron chi connectivity index (χ4n) is 2.93. The lowest BCUT2D eigenvalue weighted by atomic mass is 10.2. The average molecular weight is 394 g/mol. The second-order valence-corrected chi connectivity index (χ2v) is 9.68. The number of piperazine rings is 1. The molecule has 0 radical (unpaired) electrons. The first-order chi connectivity index (χ1) is 12.3. The van der Waals surface area contributed by atoms with Crippen molar-refractivity contribution in [1.29, 1.82) is 0 Å². The van der Waals surface area contributed by atoms with Crippen molar-refractivity contribution >= 4 is 33.0 Å². The summed E-state index contributed by atoms with van der Waals surface area (Å²) >= 11 is 1.20. The van der Waals surface area contributed by atoms with Gasteiger partial charge in [-0.15, -0.1) is 11.3 Å². The lowest BCUT2D eigenvalue weighted by Crippen LogP contribution is -2.51. The SMILES string of the molecule is Cc1cccc(N2CCN(C(=O)CNS(=O)(=O)c3ccc(C)s3)CC2)c1. The van der Waals surface area contributed by atoms with Crippen molar-refractivity contribution in [2.24, 2.45) is 0 Å². The maximum atomic E-state index is 12.4. The molecule has 0 atom stereocenters. The molecule has 0 saturated carbocycles.